The zero-order valence-corrected chi connectivity index (χ0v) is 12.5. The fourth-order valence-corrected chi connectivity index (χ4v) is 1.95. The van der Waals surface area contributed by atoms with Gasteiger partial charge >= 0.3 is 0 Å². The lowest BCUT2D eigenvalue weighted by atomic mass is 10.0. The fourth-order valence-electron chi connectivity index (χ4n) is 1.95. The molecule has 0 unspecified atom stereocenters. The van der Waals surface area contributed by atoms with E-state index in [1.165, 1.54) is 5.56 Å². The van der Waals surface area contributed by atoms with E-state index >= 15 is 0 Å². The minimum atomic E-state index is -0.256. The van der Waals surface area contributed by atoms with Crippen LogP contribution >= 0.6 is 0 Å². The number of aliphatic hydroxyl groups excluding tert-OH is 1. The number of aryl methyl sites for hydroxylation is 1. The molecule has 0 saturated heterocycles. The molecule has 0 bridgehead atoms. The zero-order chi connectivity index (χ0) is 14.5. The van der Waals surface area contributed by atoms with Crippen LogP contribution in [0, 0.1) is 6.92 Å². The lowest BCUT2D eigenvalue weighted by Gasteiger charge is -2.24. The molecule has 1 rings (SSSR count). The van der Waals surface area contributed by atoms with Crippen molar-refractivity contribution in [2.75, 3.05) is 27.4 Å². The highest BCUT2D eigenvalue weighted by Crippen LogP contribution is 2.28. The molecule has 1 aromatic carbocycles. The average Bonchev–Trinajstić information content (AvgIpc) is 2.39. The second-order valence-corrected chi connectivity index (χ2v) is 5.34. The van der Waals surface area contributed by atoms with Gasteiger partial charge in [0.05, 0.1) is 20.8 Å². The SMILES string of the molecule is COc1cc(C)c(CCNC(C)(C)CO)c(OC)c1. The molecule has 2 N–H and O–H groups in total. The molecule has 0 fully saturated rings. The van der Waals surface area contributed by atoms with Crippen LogP contribution in [0.4, 0.5) is 0 Å². The number of benzene rings is 1. The smallest absolute Gasteiger partial charge is 0.126 e. The Morgan fingerprint density at radius 1 is 1.21 bits per heavy atom. The molecule has 1 aromatic rings. The molecule has 0 aliphatic carbocycles. The van der Waals surface area contributed by atoms with Crippen LogP contribution in [0.2, 0.25) is 0 Å². The van der Waals surface area contributed by atoms with Gasteiger partial charge in [-0.25, -0.2) is 0 Å². The van der Waals surface area contributed by atoms with E-state index in [1.807, 2.05) is 26.0 Å². The van der Waals surface area contributed by atoms with Gasteiger partial charge in [0, 0.05) is 11.6 Å². The van der Waals surface area contributed by atoms with Crippen molar-refractivity contribution in [1.82, 2.24) is 5.32 Å². The summed E-state index contributed by atoms with van der Waals surface area (Å²) >= 11 is 0. The van der Waals surface area contributed by atoms with E-state index < -0.39 is 0 Å². The topological polar surface area (TPSA) is 50.7 Å². The van der Waals surface area contributed by atoms with Crippen LogP contribution < -0.4 is 14.8 Å². The van der Waals surface area contributed by atoms with E-state index in [-0.39, 0.29) is 12.1 Å². The first kappa shape index (κ1) is 15.8. The van der Waals surface area contributed by atoms with Crippen molar-refractivity contribution in [3.63, 3.8) is 0 Å². The van der Waals surface area contributed by atoms with Crippen LogP contribution in [0.25, 0.3) is 0 Å². The minimum absolute atomic E-state index is 0.117. The Bertz CT molecular complexity index is 416. The molecule has 4 nitrogen and oxygen atoms in total. The highest BCUT2D eigenvalue weighted by atomic mass is 16.5. The van der Waals surface area contributed by atoms with Crippen LogP contribution in [0.15, 0.2) is 12.1 Å². The molecule has 0 aliphatic rings. The van der Waals surface area contributed by atoms with Crippen molar-refractivity contribution in [3.8, 4) is 11.5 Å². The fraction of sp³-hybridized carbons (Fsp3) is 0.600. The van der Waals surface area contributed by atoms with Gasteiger partial charge in [-0.05, 0) is 50.9 Å². The second kappa shape index (κ2) is 6.78. The van der Waals surface area contributed by atoms with Gasteiger partial charge in [0.15, 0.2) is 0 Å². The summed E-state index contributed by atoms with van der Waals surface area (Å²) < 4.78 is 10.7. The summed E-state index contributed by atoms with van der Waals surface area (Å²) in [5.41, 5.74) is 2.07. The number of methoxy groups -OCH3 is 2. The summed E-state index contributed by atoms with van der Waals surface area (Å²) in [6, 6.07) is 3.91. The Morgan fingerprint density at radius 3 is 2.42 bits per heavy atom. The number of hydrogen-bond donors (Lipinski definition) is 2. The molecular weight excluding hydrogens is 242 g/mol. The largest absolute Gasteiger partial charge is 0.497 e. The first-order valence-corrected chi connectivity index (χ1v) is 6.51. The standard InChI is InChI=1S/C15H25NO3/c1-11-8-12(18-4)9-14(19-5)13(11)6-7-16-15(2,3)10-17/h8-9,16-17H,6-7,10H2,1-5H3. The van der Waals surface area contributed by atoms with Gasteiger partial charge < -0.3 is 19.9 Å². The van der Waals surface area contributed by atoms with Gasteiger partial charge in [-0.2, -0.15) is 0 Å². The number of ether oxygens (including phenoxy) is 2. The van der Waals surface area contributed by atoms with Crippen LogP contribution in [-0.4, -0.2) is 38.0 Å². The van der Waals surface area contributed by atoms with Gasteiger partial charge in [-0.15, -0.1) is 0 Å². The predicted molar refractivity (Wildman–Crippen MR) is 77.2 cm³/mol. The van der Waals surface area contributed by atoms with Gasteiger partial charge in [-0.3, -0.25) is 0 Å². The summed E-state index contributed by atoms with van der Waals surface area (Å²) in [6.45, 7) is 6.91. The van der Waals surface area contributed by atoms with E-state index in [0.717, 1.165) is 30.0 Å². The van der Waals surface area contributed by atoms with Crippen molar-refractivity contribution in [3.05, 3.63) is 23.3 Å². The molecule has 0 atom stereocenters. The number of aliphatic hydroxyl groups is 1. The third-order valence-corrected chi connectivity index (χ3v) is 3.24. The first-order valence-electron chi connectivity index (χ1n) is 6.51. The molecule has 0 amide bonds. The Morgan fingerprint density at radius 2 is 1.89 bits per heavy atom. The minimum Gasteiger partial charge on any atom is -0.497 e. The maximum Gasteiger partial charge on any atom is 0.126 e. The highest BCUT2D eigenvalue weighted by molar-refractivity contribution is 5.46. The monoisotopic (exact) mass is 267 g/mol. The van der Waals surface area contributed by atoms with Crippen LogP contribution in [0.3, 0.4) is 0 Å². The Balaban J connectivity index is 2.78. The van der Waals surface area contributed by atoms with Crippen LogP contribution in [-0.2, 0) is 6.42 Å². The third-order valence-electron chi connectivity index (χ3n) is 3.24. The normalized spacial score (nSPS) is 11.5. The number of hydrogen-bond acceptors (Lipinski definition) is 4. The molecule has 0 radical (unpaired) electrons. The molecule has 0 spiro atoms. The Kier molecular flexibility index (Phi) is 5.63. The van der Waals surface area contributed by atoms with Crippen molar-refractivity contribution in [1.29, 1.82) is 0 Å². The maximum absolute atomic E-state index is 9.21. The molecule has 0 heterocycles. The molecule has 0 aliphatic heterocycles. The van der Waals surface area contributed by atoms with Crippen LogP contribution in [0.1, 0.15) is 25.0 Å². The molecular formula is C15H25NO3. The van der Waals surface area contributed by atoms with E-state index in [0.29, 0.717) is 0 Å². The average molecular weight is 267 g/mol. The van der Waals surface area contributed by atoms with E-state index in [2.05, 4.69) is 12.2 Å². The van der Waals surface area contributed by atoms with E-state index in [1.54, 1.807) is 14.2 Å². The zero-order valence-electron chi connectivity index (χ0n) is 12.5. The number of rotatable bonds is 7. The lowest BCUT2D eigenvalue weighted by Crippen LogP contribution is -2.43. The van der Waals surface area contributed by atoms with Crippen molar-refractivity contribution >= 4 is 0 Å². The van der Waals surface area contributed by atoms with E-state index in [9.17, 15) is 5.11 Å². The molecule has 0 aromatic heterocycles. The molecule has 19 heavy (non-hydrogen) atoms. The first-order chi connectivity index (χ1) is 8.93. The highest BCUT2D eigenvalue weighted by Gasteiger charge is 2.16. The summed E-state index contributed by atoms with van der Waals surface area (Å²) in [6.07, 6.45) is 0.850. The quantitative estimate of drug-likeness (QED) is 0.792. The summed E-state index contributed by atoms with van der Waals surface area (Å²) in [5.74, 6) is 1.65. The van der Waals surface area contributed by atoms with Gasteiger partial charge in [0.1, 0.15) is 11.5 Å². The summed E-state index contributed by atoms with van der Waals surface area (Å²) in [7, 11) is 3.32. The molecule has 4 heteroatoms. The number of nitrogens with one attached hydrogen (secondary N) is 1. The molecule has 0 saturated carbocycles. The third kappa shape index (κ3) is 4.40. The summed E-state index contributed by atoms with van der Waals surface area (Å²) in [4.78, 5) is 0. The van der Waals surface area contributed by atoms with Gasteiger partial charge in [-0.1, -0.05) is 0 Å². The maximum atomic E-state index is 9.21. The summed E-state index contributed by atoms with van der Waals surface area (Å²) in [5, 5.41) is 12.5. The van der Waals surface area contributed by atoms with E-state index in [4.69, 9.17) is 9.47 Å². The van der Waals surface area contributed by atoms with Crippen molar-refractivity contribution < 1.29 is 14.6 Å². The van der Waals surface area contributed by atoms with Crippen LogP contribution in [0.5, 0.6) is 11.5 Å². The molecule has 108 valence electrons. The Labute approximate surface area is 115 Å². The van der Waals surface area contributed by atoms with Crippen molar-refractivity contribution in [2.24, 2.45) is 0 Å². The van der Waals surface area contributed by atoms with Gasteiger partial charge in [0.2, 0.25) is 0 Å². The Hall–Kier alpha value is -1.26. The lowest BCUT2D eigenvalue weighted by molar-refractivity contribution is 0.189. The second-order valence-electron chi connectivity index (χ2n) is 5.34. The van der Waals surface area contributed by atoms with Crippen molar-refractivity contribution in [2.45, 2.75) is 32.7 Å². The van der Waals surface area contributed by atoms with Gasteiger partial charge in [0.25, 0.3) is 0 Å². The predicted octanol–water partition coefficient (Wildman–Crippen LogP) is 1.92.